The first-order chi connectivity index (χ1) is 8.21. The second kappa shape index (κ2) is 6.48. The second-order valence-electron chi connectivity index (χ2n) is 3.46. The van der Waals surface area contributed by atoms with E-state index in [1.54, 1.807) is 23.2 Å². The monoisotopic (exact) mass is 232 g/mol. The Morgan fingerprint density at radius 2 is 2.24 bits per heavy atom. The van der Waals surface area contributed by atoms with Crippen LogP contribution in [0.15, 0.2) is 18.3 Å². The Morgan fingerprint density at radius 1 is 1.53 bits per heavy atom. The molecular formula is C12H16N4O. The Balaban J connectivity index is 2.55. The summed E-state index contributed by atoms with van der Waals surface area (Å²) < 4.78 is 0. The lowest BCUT2D eigenvalue weighted by Crippen LogP contribution is -2.35. The fourth-order valence-corrected chi connectivity index (χ4v) is 1.45. The quantitative estimate of drug-likeness (QED) is 0.829. The van der Waals surface area contributed by atoms with E-state index in [1.165, 1.54) is 0 Å². The molecule has 5 heteroatoms. The number of pyridine rings is 1. The predicted molar refractivity (Wildman–Crippen MR) is 65.4 cm³/mol. The molecule has 90 valence electrons. The van der Waals surface area contributed by atoms with E-state index in [-0.39, 0.29) is 12.5 Å². The number of carbonyl (C=O) groups excluding carboxylic acids is 1. The van der Waals surface area contributed by atoms with Crippen LogP contribution in [-0.2, 0) is 4.79 Å². The standard InChI is InChI=1S/C12H16N4O/c1-3-16(4-2)12(17)9-15-11-7-10(8-13)5-6-14-11/h5-7H,3-4,9H2,1-2H3,(H,14,15). The van der Waals surface area contributed by atoms with E-state index in [4.69, 9.17) is 5.26 Å². The summed E-state index contributed by atoms with van der Waals surface area (Å²) in [5.41, 5.74) is 0.526. The van der Waals surface area contributed by atoms with Gasteiger partial charge in [-0.2, -0.15) is 5.26 Å². The molecule has 1 amide bonds. The van der Waals surface area contributed by atoms with Crippen LogP contribution in [0.3, 0.4) is 0 Å². The third-order valence-corrected chi connectivity index (χ3v) is 2.43. The molecule has 0 aromatic carbocycles. The van der Waals surface area contributed by atoms with Crippen molar-refractivity contribution in [3.63, 3.8) is 0 Å². The normalized spacial score (nSPS) is 9.47. The molecule has 1 aromatic heterocycles. The highest BCUT2D eigenvalue weighted by Gasteiger charge is 2.08. The maximum Gasteiger partial charge on any atom is 0.241 e. The first-order valence-corrected chi connectivity index (χ1v) is 5.59. The van der Waals surface area contributed by atoms with Gasteiger partial charge in [-0.3, -0.25) is 4.79 Å². The van der Waals surface area contributed by atoms with E-state index < -0.39 is 0 Å². The summed E-state index contributed by atoms with van der Waals surface area (Å²) in [5.74, 6) is 0.573. The van der Waals surface area contributed by atoms with Crippen LogP contribution in [-0.4, -0.2) is 35.4 Å². The van der Waals surface area contributed by atoms with Crippen LogP contribution in [0.2, 0.25) is 0 Å². The maximum atomic E-state index is 11.7. The van der Waals surface area contributed by atoms with Crippen molar-refractivity contribution in [3.8, 4) is 6.07 Å². The molecular weight excluding hydrogens is 216 g/mol. The van der Waals surface area contributed by atoms with E-state index >= 15 is 0 Å². The van der Waals surface area contributed by atoms with Gasteiger partial charge in [0.2, 0.25) is 5.91 Å². The first-order valence-electron chi connectivity index (χ1n) is 5.59. The lowest BCUT2D eigenvalue weighted by molar-refractivity contribution is -0.128. The van der Waals surface area contributed by atoms with Crippen LogP contribution in [0.25, 0.3) is 0 Å². The second-order valence-corrected chi connectivity index (χ2v) is 3.46. The molecule has 0 aliphatic rings. The van der Waals surface area contributed by atoms with Gasteiger partial charge in [-0.1, -0.05) is 0 Å². The molecule has 1 rings (SSSR count). The highest BCUT2D eigenvalue weighted by Crippen LogP contribution is 2.05. The number of likely N-dealkylation sites (N-methyl/N-ethyl adjacent to an activating group) is 1. The van der Waals surface area contributed by atoms with Gasteiger partial charge in [0.15, 0.2) is 0 Å². The lowest BCUT2D eigenvalue weighted by Gasteiger charge is -2.18. The molecule has 5 nitrogen and oxygen atoms in total. The third-order valence-electron chi connectivity index (χ3n) is 2.43. The van der Waals surface area contributed by atoms with Gasteiger partial charge in [-0.05, 0) is 26.0 Å². The molecule has 1 N–H and O–H groups in total. The maximum absolute atomic E-state index is 11.7. The number of nitriles is 1. The molecule has 0 aliphatic heterocycles. The average molecular weight is 232 g/mol. The fraction of sp³-hybridized carbons (Fsp3) is 0.417. The van der Waals surface area contributed by atoms with Crippen molar-refractivity contribution in [2.75, 3.05) is 25.0 Å². The van der Waals surface area contributed by atoms with Crippen LogP contribution in [0.5, 0.6) is 0 Å². The summed E-state index contributed by atoms with van der Waals surface area (Å²) in [5, 5.41) is 11.6. The predicted octanol–water partition coefficient (Wildman–Crippen LogP) is 1.23. The van der Waals surface area contributed by atoms with Gasteiger partial charge in [0.05, 0.1) is 18.2 Å². The molecule has 0 aliphatic carbocycles. The van der Waals surface area contributed by atoms with E-state index in [9.17, 15) is 4.79 Å². The molecule has 0 saturated carbocycles. The largest absolute Gasteiger partial charge is 0.361 e. The van der Waals surface area contributed by atoms with E-state index in [0.717, 1.165) is 0 Å². The minimum atomic E-state index is 0.0270. The number of nitrogens with one attached hydrogen (secondary N) is 1. The van der Waals surface area contributed by atoms with E-state index in [2.05, 4.69) is 10.3 Å². The SMILES string of the molecule is CCN(CC)C(=O)CNc1cc(C#N)ccn1. The fourth-order valence-electron chi connectivity index (χ4n) is 1.45. The van der Waals surface area contributed by atoms with E-state index in [1.807, 2.05) is 19.9 Å². The summed E-state index contributed by atoms with van der Waals surface area (Å²) in [7, 11) is 0. The van der Waals surface area contributed by atoms with Crippen molar-refractivity contribution in [1.82, 2.24) is 9.88 Å². The zero-order valence-corrected chi connectivity index (χ0v) is 10.1. The number of carbonyl (C=O) groups is 1. The molecule has 0 spiro atoms. The lowest BCUT2D eigenvalue weighted by atomic mass is 10.3. The zero-order valence-electron chi connectivity index (χ0n) is 10.1. The summed E-state index contributed by atoms with van der Waals surface area (Å²) in [6.07, 6.45) is 1.54. The Bertz CT molecular complexity index is 421. The molecule has 1 heterocycles. The minimum Gasteiger partial charge on any atom is -0.361 e. The Kier molecular flexibility index (Phi) is 4.95. The molecule has 0 atom stereocenters. The number of aromatic nitrogens is 1. The number of amides is 1. The van der Waals surface area contributed by atoms with Gasteiger partial charge in [-0.15, -0.1) is 0 Å². The topological polar surface area (TPSA) is 69.0 Å². The molecule has 17 heavy (non-hydrogen) atoms. The minimum absolute atomic E-state index is 0.0270. The van der Waals surface area contributed by atoms with Crippen molar-refractivity contribution in [2.45, 2.75) is 13.8 Å². The molecule has 1 aromatic rings. The molecule has 0 bridgehead atoms. The van der Waals surface area contributed by atoms with Crippen molar-refractivity contribution >= 4 is 11.7 Å². The summed E-state index contributed by atoms with van der Waals surface area (Å²) in [4.78, 5) is 17.5. The number of hydrogen-bond donors (Lipinski definition) is 1. The van der Waals surface area contributed by atoms with Crippen LogP contribution < -0.4 is 5.32 Å². The van der Waals surface area contributed by atoms with Crippen LogP contribution in [0.4, 0.5) is 5.82 Å². The van der Waals surface area contributed by atoms with E-state index in [0.29, 0.717) is 24.5 Å². The van der Waals surface area contributed by atoms with Crippen molar-refractivity contribution in [2.24, 2.45) is 0 Å². The Hall–Kier alpha value is -2.09. The first kappa shape index (κ1) is 13.0. The Morgan fingerprint density at radius 3 is 2.82 bits per heavy atom. The molecule has 0 fully saturated rings. The number of nitrogens with zero attached hydrogens (tertiary/aromatic N) is 3. The molecule has 0 radical (unpaired) electrons. The van der Waals surface area contributed by atoms with Gasteiger partial charge in [0.1, 0.15) is 5.82 Å². The average Bonchev–Trinajstić information content (AvgIpc) is 2.38. The van der Waals surface area contributed by atoms with Crippen LogP contribution in [0, 0.1) is 11.3 Å². The Labute approximate surface area is 101 Å². The van der Waals surface area contributed by atoms with Crippen molar-refractivity contribution in [3.05, 3.63) is 23.9 Å². The zero-order chi connectivity index (χ0) is 12.7. The van der Waals surface area contributed by atoms with Gasteiger partial charge < -0.3 is 10.2 Å². The summed E-state index contributed by atoms with van der Waals surface area (Å²) in [6, 6.07) is 5.27. The van der Waals surface area contributed by atoms with Gasteiger partial charge in [0.25, 0.3) is 0 Å². The smallest absolute Gasteiger partial charge is 0.241 e. The summed E-state index contributed by atoms with van der Waals surface area (Å²) in [6.45, 7) is 5.47. The summed E-state index contributed by atoms with van der Waals surface area (Å²) >= 11 is 0. The van der Waals surface area contributed by atoms with Crippen LogP contribution >= 0.6 is 0 Å². The highest BCUT2D eigenvalue weighted by atomic mass is 16.2. The van der Waals surface area contributed by atoms with Crippen molar-refractivity contribution < 1.29 is 4.79 Å². The number of rotatable bonds is 5. The molecule has 0 unspecified atom stereocenters. The number of hydrogen-bond acceptors (Lipinski definition) is 4. The highest BCUT2D eigenvalue weighted by molar-refractivity contribution is 5.80. The number of anilines is 1. The van der Waals surface area contributed by atoms with Gasteiger partial charge in [-0.25, -0.2) is 4.98 Å². The third kappa shape index (κ3) is 3.76. The van der Waals surface area contributed by atoms with Crippen LogP contribution in [0.1, 0.15) is 19.4 Å². The van der Waals surface area contributed by atoms with Gasteiger partial charge in [0, 0.05) is 19.3 Å². The van der Waals surface area contributed by atoms with Gasteiger partial charge >= 0.3 is 0 Å². The van der Waals surface area contributed by atoms with Crippen molar-refractivity contribution in [1.29, 1.82) is 5.26 Å². The molecule has 0 saturated heterocycles.